The highest BCUT2D eigenvalue weighted by Crippen LogP contribution is 2.34. The molecular formula is C19H20FN5O2S. The number of fused-ring (bicyclic) bond motifs is 1. The smallest absolute Gasteiger partial charge is 0.254 e. The molecule has 2 aromatic heterocycles. The van der Waals surface area contributed by atoms with Crippen LogP contribution in [0.4, 0.5) is 4.39 Å². The molecule has 0 radical (unpaired) electrons. The minimum atomic E-state index is -0.372. The molecule has 3 aromatic rings. The van der Waals surface area contributed by atoms with E-state index in [2.05, 4.69) is 13.9 Å². The summed E-state index contributed by atoms with van der Waals surface area (Å²) in [7, 11) is 0. The summed E-state index contributed by atoms with van der Waals surface area (Å²) in [6.07, 6.45) is 0.399. The van der Waals surface area contributed by atoms with Crippen LogP contribution in [0.25, 0.3) is 10.8 Å². The number of carbonyl (C=O) groups is 1. The van der Waals surface area contributed by atoms with Crippen molar-refractivity contribution in [2.45, 2.75) is 32.9 Å². The van der Waals surface area contributed by atoms with Crippen molar-refractivity contribution < 1.29 is 14.3 Å². The number of rotatable bonds is 4. The molecular weight excluding hydrogens is 381 g/mol. The fourth-order valence-electron chi connectivity index (χ4n) is 3.63. The molecule has 1 amide bonds. The normalized spacial score (nSPS) is 16.3. The number of aromatic nitrogens is 4. The maximum absolute atomic E-state index is 13.2. The lowest BCUT2D eigenvalue weighted by Gasteiger charge is -2.35. The summed E-state index contributed by atoms with van der Waals surface area (Å²) < 4.78 is 19.5. The second kappa shape index (κ2) is 7.40. The molecule has 0 spiro atoms. The SMILES string of the molecule is Cc1nsc(-c2nc(CCO)c3n2CCN(C(=O)c2ccc(F)cc2)[C@@H]3C)n1. The predicted octanol–water partition coefficient (Wildman–Crippen LogP) is 2.60. The number of hydrogen-bond acceptors (Lipinski definition) is 6. The first kappa shape index (κ1) is 18.7. The first-order valence-electron chi connectivity index (χ1n) is 9.07. The molecule has 1 atom stereocenters. The van der Waals surface area contributed by atoms with Gasteiger partial charge in [0.05, 0.1) is 17.4 Å². The minimum absolute atomic E-state index is 0.0305. The average molecular weight is 401 g/mol. The third-order valence-electron chi connectivity index (χ3n) is 4.93. The van der Waals surface area contributed by atoms with Gasteiger partial charge in [0, 0.05) is 31.7 Å². The van der Waals surface area contributed by atoms with Crippen LogP contribution in [0.15, 0.2) is 24.3 Å². The molecule has 0 bridgehead atoms. The largest absolute Gasteiger partial charge is 0.396 e. The molecule has 3 heterocycles. The van der Waals surface area contributed by atoms with Crippen LogP contribution in [-0.2, 0) is 13.0 Å². The van der Waals surface area contributed by atoms with Crippen molar-refractivity contribution in [1.82, 2.24) is 23.8 Å². The Hall–Kier alpha value is -2.65. The number of aryl methyl sites for hydroxylation is 1. The Labute approximate surface area is 165 Å². The van der Waals surface area contributed by atoms with Gasteiger partial charge in [0.25, 0.3) is 5.91 Å². The van der Waals surface area contributed by atoms with Crippen molar-refractivity contribution in [3.05, 3.63) is 52.9 Å². The van der Waals surface area contributed by atoms with E-state index in [0.717, 1.165) is 22.2 Å². The zero-order valence-corrected chi connectivity index (χ0v) is 16.4. The van der Waals surface area contributed by atoms with Gasteiger partial charge < -0.3 is 14.6 Å². The summed E-state index contributed by atoms with van der Waals surface area (Å²) in [5.41, 5.74) is 2.11. The molecule has 0 saturated heterocycles. The Morgan fingerprint density at radius 3 is 2.68 bits per heavy atom. The fourth-order valence-corrected chi connectivity index (χ4v) is 4.30. The van der Waals surface area contributed by atoms with Gasteiger partial charge in [0.15, 0.2) is 10.8 Å². The average Bonchev–Trinajstić information content (AvgIpc) is 3.26. The second-order valence-corrected chi connectivity index (χ2v) is 7.47. The van der Waals surface area contributed by atoms with Crippen molar-refractivity contribution in [3.8, 4) is 10.8 Å². The van der Waals surface area contributed by atoms with Gasteiger partial charge in [-0.25, -0.2) is 14.4 Å². The van der Waals surface area contributed by atoms with E-state index in [1.165, 1.54) is 35.8 Å². The van der Waals surface area contributed by atoms with Crippen LogP contribution in [0.1, 0.15) is 40.5 Å². The van der Waals surface area contributed by atoms with E-state index >= 15 is 0 Å². The van der Waals surface area contributed by atoms with E-state index in [0.29, 0.717) is 30.9 Å². The summed E-state index contributed by atoms with van der Waals surface area (Å²) in [5.74, 6) is 0.898. The molecule has 1 aliphatic heterocycles. The van der Waals surface area contributed by atoms with Gasteiger partial charge in [-0.05, 0) is 49.6 Å². The molecule has 0 fully saturated rings. The highest BCUT2D eigenvalue weighted by molar-refractivity contribution is 7.09. The molecule has 28 heavy (non-hydrogen) atoms. The highest BCUT2D eigenvalue weighted by atomic mass is 32.1. The Balaban J connectivity index is 1.72. The molecule has 4 rings (SSSR count). The number of amides is 1. The van der Waals surface area contributed by atoms with Crippen LogP contribution in [0, 0.1) is 12.7 Å². The Morgan fingerprint density at radius 2 is 2.04 bits per heavy atom. The van der Waals surface area contributed by atoms with E-state index in [1.807, 2.05) is 13.8 Å². The van der Waals surface area contributed by atoms with Gasteiger partial charge in [-0.3, -0.25) is 4.79 Å². The zero-order valence-electron chi connectivity index (χ0n) is 15.6. The van der Waals surface area contributed by atoms with Gasteiger partial charge in [-0.15, -0.1) is 0 Å². The van der Waals surface area contributed by atoms with Crippen molar-refractivity contribution in [1.29, 1.82) is 0 Å². The lowest BCUT2D eigenvalue weighted by atomic mass is 10.1. The lowest BCUT2D eigenvalue weighted by Crippen LogP contribution is -2.41. The highest BCUT2D eigenvalue weighted by Gasteiger charge is 2.34. The van der Waals surface area contributed by atoms with Crippen LogP contribution in [0.5, 0.6) is 0 Å². The van der Waals surface area contributed by atoms with Crippen LogP contribution in [0.3, 0.4) is 0 Å². The molecule has 1 N–H and O–H groups in total. The van der Waals surface area contributed by atoms with Gasteiger partial charge in [0.1, 0.15) is 11.6 Å². The molecule has 0 aliphatic carbocycles. The van der Waals surface area contributed by atoms with Crippen LogP contribution in [0.2, 0.25) is 0 Å². The third-order valence-corrected chi connectivity index (χ3v) is 5.73. The topological polar surface area (TPSA) is 84.1 Å². The summed E-state index contributed by atoms with van der Waals surface area (Å²) in [6.45, 7) is 4.82. The number of halogens is 1. The van der Waals surface area contributed by atoms with Crippen molar-refractivity contribution in [3.63, 3.8) is 0 Å². The van der Waals surface area contributed by atoms with Gasteiger partial charge in [-0.2, -0.15) is 4.37 Å². The second-order valence-electron chi connectivity index (χ2n) is 6.72. The van der Waals surface area contributed by atoms with E-state index < -0.39 is 0 Å². The fraction of sp³-hybridized carbons (Fsp3) is 0.368. The van der Waals surface area contributed by atoms with Gasteiger partial charge in [0.2, 0.25) is 0 Å². The Bertz CT molecular complexity index is 1010. The number of aliphatic hydroxyl groups is 1. The number of benzene rings is 1. The minimum Gasteiger partial charge on any atom is -0.396 e. The maximum Gasteiger partial charge on any atom is 0.254 e. The van der Waals surface area contributed by atoms with Gasteiger partial charge in [-0.1, -0.05) is 0 Å². The first-order chi connectivity index (χ1) is 13.5. The monoisotopic (exact) mass is 401 g/mol. The zero-order chi connectivity index (χ0) is 19.8. The van der Waals surface area contributed by atoms with Crippen LogP contribution < -0.4 is 0 Å². The molecule has 1 aliphatic rings. The van der Waals surface area contributed by atoms with E-state index in [1.54, 1.807) is 4.90 Å². The van der Waals surface area contributed by atoms with Crippen LogP contribution >= 0.6 is 11.5 Å². The quantitative estimate of drug-likeness (QED) is 0.727. The molecule has 146 valence electrons. The van der Waals surface area contributed by atoms with Crippen molar-refractivity contribution >= 4 is 17.4 Å². The van der Waals surface area contributed by atoms with Gasteiger partial charge >= 0.3 is 0 Å². The van der Waals surface area contributed by atoms with E-state index in [-0.39, 0.29) is 24.4 Å². The van der Waals surface area contributed by atoms with E-state index in [4.69, 9.17) is 4.98 Å². The molecule has 9 heteroatoms. The number of carbonyl (C=O) groups excluding carboxylic acids is 1. The summed E-state index contributed by atoms with van der Waals surface area (Å²) in [6, 6.07) is 5.35. The summed E-state index contributed by atoms with van der Waals surface area (Å²) in [5, 5.41) is 10.2. The molecule has 0 saturated carbocycles. The number of hydrogen-bond donors (Lipinski definition) is 1. The number of imidazole rings is 1. The summed E-state index contributed by atoms with van der Waals surface area (Å²) in [4.78, 5) is 23.9. The van der Waals surface area contributed by atoms with Crippen molar-refractivity contribution in [2.75, 3.05) is 13.2 Å². The Kier molecular flexibility index (Phi) is 4.94. The predicted molar refractivity (Wildman–Crippen MR) is 103 cm³/mol. The molecule has 7 nitrogen and oxygen atoms in total. The molecule has 1 aromatic carbocycles. The van der Waals surface area contributed by atoms with E-state index in [9.17, 15) is 14.3 Å². The third kappa shape index (κ3) is 3.20. The standard InChI is InChI=1S/C19H20FN5O2S/c1-11-16-15(7-10-26)22-17(18-21-12(2)23-28-18)25(16)9-8-24(11)19(27)13-3-5-14(20)6-4-13/h3-6,11,26H,7-10H2,1-2H3/t11-/m1/s1. The lowest BCUT2D eigenvalue weighted by molar-refractivity contribution is 0.0643. The maximum atomic E-state index is 13.2. The number of nitrogens with zero attached hydrogens (tertiary/aromatic N) is 5. The molecule has 0 unspecified atom stereocenters. The summed E-state index contributed by atoms with van der Waals surface area (Å²) >= 11 is 1.29. The van der Waals surface area contributed by atoms with Crippen LogP contribution in [-0.4, -0.2) is 48.0 Å². The number of aliphatic hydroxyl groups excluding tert-OH is 1. The Morgan fingerprint density at radius 1 is 1.29 bits per heavy atom. The first-order valence-corrected chi connectivity index (χ1v) is 9.84. The van der Waals surface area contributed by atoms with Crippen molar-refractivity contribution in [2.24, 2.45) is 0 Å².